The minimum atomic E-state index is -0.687. The average molecular weight is 352 g/mol. The van der Waals surface area contributed by atoms with Crippen LogP contribution in [0, 0.1) is 5.82 Å². The van der Waals surface area contributed by atoms with Crippen LogP contribution < -0.4 is 10.1 Å². The predicted molar refractivity (Wildman–Crippen MR) is 80.1 cm³/mol. The van der Waals surface area contributed by atoms with Gasteiger partial charge in [-0.25, -0.2) is 4.39 Å². The third-order valence-electron chi connectivity index (χ3n) is 2.62. The van der Waals surface area contributed by atoms with E-state index in [1.807, 2.05) is 6.07 Å². The maximum absolute atomic E-state index is 13.6. The highest BCUT2D eigenvalue weighted by atomic mass is 79.9. The number of benzene rings is 2. The number of halogens is 2. The zero-order chi connectivity index (χ0) is 15.2. The highest BCUT2D eigenvalue weighted by Crippen LogP contribution is 2.22. The second-order valence-corrected chi connectivity index (χ2v) is 4.95. The zero-order valence-electron chi connectivity index (χ0n) is 10.8. The molecule has 2 aromatic carbocycles. The Morgan fingerprint density at radius 3 is 2.71 bits per heavy atom. The fourth-order valence-electron chi connectivity index (χ4n) is 1.66. The number of hydrogen-bond donors (Lipinski definition) is 1. The number of aldehydes is 1. The van der Waals surface area contributed by atoms with Crippen molar-refractivity contribution in [1.29, 1.82) is 0 Å². The van der Waals surface area contributed by atoms with E-state index in [1.54, 1.807) is 18.2 Å². The van der Waals surface area contributed by atoms with Crippen LogP contribution in [0.1, 0.15) is 10.4 Å². The molecule has 21 heavy (non-hydrogen) atoms. The van der Waals surface area contributed by atoms with E-state index < -0.39 is 18.3 Å². The van der Waals surface area contributed by atoms with E-state index in [1.165, 1.54) is 12.1 Å². The molecule has 0 fully saturated rings. The molecule has 0 radical (unpaired) electrons. The first kappa shape index (κ1) is 15.2. The van der Waals surface area contributed by atoms with Gasteiger partial charge in [-0.2, -0.15) is 0 Å². The van der Waals surface area contributed by atoms with Gasteiger partial charge >= 0.3 is 0 Å². The van der Waals surface area contributed by atoms with Gasteiger partial charge in [0.15, 0.2) is 24.5 Å². The van der Waals surface area contributed by atoms with Crippen molar-refractivity contribution in [3.05, 3.63) is 58.3 Å². The highest BCUT2D eigenvalue weighted by Gasteiger charge is 2.12. The van der Waals surface area contributed by atoms with Crippen molar-refractivity contribution in [3.63, 3.8) is 0 Å². The van der Waals surface area contributed by atoms with Crippen LogP contribution in [0.3, 0.4) is 0 Å². The maximum Gasteiger partial charge on any atom is 0.262 e. The SMILES string of the molecule is O=Cc1cccc(F)c1OCC(=O)Nc1ccccc1Br. The number of para-hydroxylation sites is 2. The molecule has 0 saturated carbocycles. The quantitative estimate of drug-likeness (QED) is 0.839. The monoisotopic (exact) mass is 351 g/mol. The summed E-state index contributed by atoms with van der Waals surface area (Å²) in [6.45, 7) is -0.400. The van der Waals surface area contributed by atoms with Crippen LogP contribution in [0.25, 0.3) is 0 Å². The van der Waals surface area contributed by atoms with Crippen LogP contribution in [0.2, 0.25) is 0 Å². The summed E-state index contributed by atoms with van der Waals surface area (Å²) in [7, 11) is 0. The summed E-state index contributed by atoms with van der Waals surface area (Å²) in [5.41, 5.74) is 0.638. The summed E-state index contributed by atoms with van der Waals surface area (Å²) in [5, 5.41) is 2.62. The van der Waals surface area contributed by atoms with Crippen LogP contribution >= 0.6 is 15.9 Å². The van der Waals surface area contributed by atoms with E-state index in [0.717, 1.165) is 10.5 Å². The first-order chi connectivity index (χ1) is 10.1. The van der Waals surface area contributed by atoms with Crippen LogP contribution in [0.5, 0.6) is 5.75 Å². The Balaban J connectivity index is 2.02. The van der Waals surface area contributed by atoms with Gasteiger partial charge in [0.1, 0.15) is 0 Å². The number of hydrogen-bond acceptors (Lipinski definition) is 3. The van der Waals surface area contributed by atoms with Crippen molar-refractivity contribution in [2.24, 2.45) is 0 Å². The fraction of sp³-hybridized carbons (Fsp3) is 0.0667. The first-order valence-corrected chi connectivity index (χ1v) is 6.82. The molecule has 1 amide bonds. The fourth-order valence-corrected chi connectivity index (χ4v) is 2.04. The molecule has 0 spiro atoms. The minimum Gasteiger partial charge on any atom is -0.480 e. The van der Waals surface area contributed by atoms with Crippen LogP contribution in [0.4, 0.5) is 10.1 Å². The molecule has 0 heterocycles. The van der Waals surface area contributed by atoms with Crippen molar-refractivity contribution < 1.29 is 18.7 Å². The lowest BCUT2D eigenvalue weighted by atomic mass is 10.2. The van der Waals surface area contributed by atoms with E-state index in [-0.39, 0.29) is 11.3 Å². The Bertz CT molecular complexity index is 676. The van der Waals surface area contributed by atoms with Crippen molar-refractivity contribution >= 4 is 33.8 Å². The Kier molecular flexibility index (Phi) is 5.05. The predicted octanol–water partition coefficient (Wildman–Crippen LogP) is 3.42. The molecular formula is C15H11BrFNO3. The van der Waals surface area contributed by atoms with Crippen molar-refractivity contribution in [1.82, 2.24) is 0 Å². The topological polar surface area (TPSA) is 55.4 Å². The molecule has 6 heteroatoms. The Hall–Kier alpha value is -2.21. The lowest BCUT2D eigenvalue weighted by Crippen LogP contribution is -2.21. The van der Waals surface area contributed by atoms with Crippen LogP contribution in [-0.2, 0) is 4.79 Å². The second kappa shape index (κ2) is 6.99. The number of amides is 1. The molecule has 108 valence electrons. The van der Waals surface area contributed by atoms with Gasteiger partial charge in [-0.15, -0.1) is 0 Å². The first-order valence-electron chi connectivity index (χ1n) is 6.02. The molecule has 0 atom stereocenters. The van der Waals surface area contributed by atoms with Gasteiger partial charge in [0.25, 0.3) is 5.91 Å². The minimum absolute atomic E-state index is 0.0590. The normalized spacial score (nSPS) is 10.0. The third kappa shape index (κ3) is 3.88. The highest BCUT2D eigenvalue weighted by molar-refractivity contribution is 9.10. The molecule has 2 aromatic rings. The number of anilines is 1. The number of rotatable bonds is 5. The smallest absolute Gasteiger partial charge is 0.262 e. The zero-order valence-corrected chi connectivity index (χ0v) is 12.4. The molecule has 0 aliphatic rings. The molecule has 2 rings (SSSR count). The van der Waals surface area contributed by atoms with Gasteiger partial charge in [0, 0.05) is 4.47 Å². The number of carbonyl (C=O) groups excluding carboxylic acids is 2. The van der Waals surface area contributed by atoms with E-state index in [0.29, 0.717) is 12.0 Å². The molecule has 0 aromatic heterocycles. The largest absolute Gasteiger partial charge is 0.480 e. The van der Waals surface area contributed by atoms with Gasteiger partial charge < -0.3 is 10.1 Å². The Morgan fingerprint density at radius 1 is 1.24 bits per heavy atom. The van der Waals surface area contributed by atoms with Crippen molar-refractivity contribution in [3.8, 4) is 5.75 Å². The summed E-state index contributed by atoms with van der Waals surface area (Å²) in [6.07, 6.45) is 0.476. The molecule has 0 aliphatic heterocycles. The standard InChI is InChI=1S/C15H11BrFNO3/c16-11-5-1-2-7-13(11)18-14(20)9-21-15-10(8-19)4-3-6-12(15)17/h1-8H,9H2,(H,18,20). The second-order valence-electron chi connectivity index (χ2n) is 4.09. The Labute approximate surface area is 129 Å². The molecule has 4 nitrogen and oxygen atoms in total. The molecule has 0 aliphatic carbocycles. The van der Waals surface area contributed by atoms with E-state index in [9.17, 15) is 14.0 Å². The van der Waals surface area contributed by atoms with E-state index in [4.69, 9.17) is 4.74 Å². The summed E-state index contributed by atoms with van der Waals surface area (Å²) < 4.78 is 19.4. The van der Waals surface area contributed by atoms with Crippen LogP contribution in [-0.4, -0.2) is 18.8 Å². The molecule has 1 N–H and O–H groups in total. The molecule has 0 bridgehead atoms. The molecule has 0 unspecified atom stereocenters. The van der Waals surface area contributed by atoms with E-state index in [2.05, 4.69) is 21.2 Å². The van der Waals surface area contributed by atoms with Gasteiger partial charge in [0.2, 0.25) is 0 Å². The molecule has 0 saturated heterocycles. The van der Waals surface area contributed by atoms with Gasteiger partial charge in [-0.05, 0) is 40.2 Å². The number of ether oxygens (including phenoxy) is 1. The summed E-state index contributed by atoms with van der Waals surface area (Å²) in [4.78, 5) is 22.6. The van der Waals surface area contributed by atoms with Crippen LogP contribution in [0.15, 0.2) is 46.9 Å². The van der Waals surface area contributed by atoms with Gasteiger partial charge in [0.05, 0.1) is 11.3 Å². The Morgan fingerprint density at radius 2 is 2.00 bits per heavy atom. The van der Waals surface area contributed by atoms with E-state index >= 15 is 0 Å². The maximum atomic E-state index is 13.6. The lowest BCUT2D eigenvalue weighted by Gasteiger charge is -2.10. The van der Waals surface area contributed by atoms with Gasteiger partial charge in [-0.1, -0.05) is 18.2 Å². The number of carbonyl (C=O) groups is 2. The number of nitrogens with one attached hydrogen (secondary N) is 1. The molecular weight excluding hydrogens is 341 g/mol. The van der Waals surface area contributed by atoms with Gasteiger partial charge in [-0.3, -0.25) is 9.59 Å². The lowest BCUT2D eigenvalue weighted by molar-refractivity contribution is -0.118. The third-order valence-corrected chi connectivity index (χ3v) is 3.31. The summed E-state index contributed by atoms with van der Waals surface area (Å²) in [5.74, 6) is -1.37. The average Bonchev–Trinajstić information content (AvgIpc) is 2.48. The van der Waals surface area contributed by atoms with Crippen molar-refractivity contribution in [2.75, 3.05) is 11.9 Å². The summed E-state index contributed by atoms with van der Waals surface area (Å²) in [6, 6.07) is 11.0. The van der Waals surface area contributed by atoms with Crippen molar-refractivity contribution in [2.45, 2.75) is 0 Å². The summed E-state index contributed by atoms with van der Waals surface area (Å²) >= 11 is 3.29.